The molecule has 0 amide bonds. The second-order valence-corrected chi connectivity index (χ2v) is 28.1. The third kappa shape index (κ3) is 11.0. The Labute approximate surface area is 325 Å². The van der Waals surface area contributed by atoms with Crippen molar-refractivity contribution in [1.29, 1.82) is 0 Å². The monoisotopic (exact) mass is 764 g/mol. The highest BCUT2D eigenvalue weighted by atomic mass is 28.4. The Morgan fingerprint density at radius 3 is 1.47 bits per heavy atom. The quantitative estimate of drug-likeness (QED) is 0.0988. The topological polar surface area (TPSA) is 55.4 Å². The van der Waals surface area contributed by atoms with E-state index in [-0.39, 0.29) is 12.2 Å². The smallest absolute Gasteiger partial charge is 0.258 e. The van der Waals surface area contributed by atoms with Gasteiger partial charge in [-0.3, -0.25) is 0 Å². The van der Waals surface area contributed by atoms with Gasteiger partial charge in [0, 0.05) is 32.1 Å². The van der Waals surface area contributed by atoms with Crippen LogP contribution in [0.3, 0.4) is 0 Å². The first kappa shape index (κ1) is 43.5. The van der Waals surface area contributed by atoms with Gasteiger partial charge >= 0.3 is 0 Å². The standard InChI is InChI=1S/C45H72O6Si2/c1-33(2)52(34(3)4,35(5)6)50-43-27-41(23-25-46-31-39-19-15-13-16-20-39)48-45(29-43)30-44(51-53(36(7)8,37(9)10)38(11)12)28-42(49-45)24-26-47-32-40-21-17-14-18-22-40/h13-22,27,30,33-38,41-42H,23-26,28-29,31-32H2,1-12H3/t41-,42-,45+/m0/s1. The van der Waals surface area contributed by atoms with Crippen LogP contribution in [0.5, 0.6) is 0 Å². The van der Waals surface area contributed by atoms with Gasteiger partial charge in [0.05, 0.1) is 43.4 Å². The fourth-order valence-electron chi connectivity index (χ4n) is 9.43. The van der Waals surface area contributed by atoms with Crippen molar-refractivity contribution in [1.82, 2.24) is 0 Å². The molecule has 2 aliphatic heterocycles. The van der Waals surface area contributed by atoms with E-state index >= 15 is 0 Å². The molecule has 0 saturated carbocycles. The minimum atomic E-state index is -2.26. The predicted octanol–water partition coefficient (Wildman–Crippen LogP) is 12.6. The van der Waals surface area contributed by atoms with Gasteiger partial charge in [-0.2, -0.15) is 0 Å². The summed E-state index contributed by atoms with van der Waals surface area (Å²) in [6.45, 7) is 30.5. The molecular formula is C45H72O6Si2. The molecule has 1 spiro atoms. The maximum absolute atomic E-state index is 7.45. The number of hydrogen-bond acceptors (Lipinski definition) is 6. The summed E-state index contributed by atoms with van der Waals surface area (Å²) in [7, 11) is -4.51. The Hall–Kier alpha value is -2.21. The molecule has 2 heterocycles. The first-order valence-corrected chi connectivity index (χ1v) is 24.8. The third-order valence-corrected chi connectivity index (χ3v) is 23.8. The minimum absolute atomic E-state index is 0.124. The van der Waals surface area contributed by atoms with E-state index in [2.05, 4.69) is 144 Å². The van der Waals surface area contributed by atoms with E-state index in [1.165, 1.54) is 11.1 Å². The van der Waals surface area contributed by atoms with Gasteiger partial charge in [0.25, 0.3) is 16.6 Å². The second kappa shape index (κ2) is 19.6. The lowest BCUT2D eigenvalue weighted by Gasteiger charge is -2.49. The number of ether oxygens (including phenoxy) is 4. The van der Waals surface area contributed by atoms with Crippen molar-refractivity contribution in [2.24, 2.45) is 0 Å². The molecule has 0 aliphatic carbocycles. The normalized spacial score (nSPS) is 21.3. The van der Waals surface area contributed by atoms with Crippen molar-refractivity contribution in [3.05, 3.63) is 95.5 Å². The summed E-state index contributed by atoms with van der Waals surface area (Å²) in [6.07, 6.45) is 6.72. The van der Waals surface area contributed by atoms with E-state index in [1.807, 2.05) is 12.1 Å². The van der Waals surface area contributed by atoms with Gasteiger partial charge in [0.2, 0.25) is 0 Å². The van der Waals surface area contributed by atoms with Crippen LogP contribution >= 0.6 is 0 Å². The predicted molar refractivity (Wildman–Crippen MR) is 224 cm³/mol. The van der Waals surface area contributed by atoms with Gasteiger partial charge in [-0.25, -0.2) is 0 Å². The Morgan fingerprint density at radius 2 is 1.02 bits per heavy atom. The third-order valence-electron chi connectivity index (χ3n) is 11.7. The summed E-state index contributed by atoms with van der Waals surface area (Å²) in [6, 6.07) is 20.7. The minimum Gasteiger partial charge on any atom is -0.546 e. The lowest BCUT2D eigenvalue weighted by molar-refractivity contribution is -0.261. The van der Waals surface area contributed by atoms with E-state index in [0.29, 0.717) is 78.9 Å². The summed E-state index contributed by atoms with van der Waals surface area (Å²) >= 11 is 0. The van der Waals surface area contributed by atoms with Crippen LogP contribution in [0, 0.1) is 0 Å². The summed E-state index contributed by atoms with van der Waals surface area (Å²) in [5, 5.41) is 0. The molecule has 0 fully saturated rings. The van der Waals surface area contributed by atoms with Crippen LogP contribution in [0.2, 0.25) is 33.2 Å². The van der Waals surface area contributed by atoms with Crippen LogP contribution in [-0.2, 0) is 41.0 Å². The SMILES string of the molecule is CC(C)[Si](OC1=C[C@@]2(CC(O[Si](C(C)C)(C(C)C)C(C)C)=C[C@H](CCOCc3ccccc3)O2)O[C@@H](CCOCc2ccccc2)C1)(C(C)C)C(C)C. The van der Waals surface area contributed by atoms with Crippen molar-refractivity contribution in [3.8, 4) is 0 Å². The van der Waals surface area contributed by atoms with Gasteiger partial charge < -0.3 is 27.8 Å². The largest absolute Gasteiger partial charge is 0.546 e. The van der Waals surface area contributed by atoms with Crippen LogP contribution in [0.4, 0.5) is 0 Å². The molecule has 0 aromatic heterocycles. The van der Waals surface area contributed by atoms with Gasteiger partial charge in [0.1, 0.15) is 0 Å². The number of hydrogen-bond donors (Lipinski definition) is 0. The molecule has 53 heavy (non-hydrogen) atoms. The first-order chi connectivity index (χ1) is 25.1. The summed E-state index contributed by atoms with van der Waals surface area (Å²) < 4.78 is 41.6. The highest BCUT2D eigenvalue weighted by Crippen LogP contribution is 2.49. The van der Waals surface area contributed by atoms with Crippen molar-refractivity contribution in [2.75, 3.05) is 13.2 Å². The van der Waals surface area contributed by atoms with Gasteiger partial charge in [-0.05, 0) is 56.9 Å². The lowest BCUT2D eigenvalue weighted by atomic mass is 9.98. The van der Waals surface area contributed by atoms with Crippen molar-refractivity contribution in [2.45, 2.75) is 173 Å². The lowest BCUT2D eigenvalue weighted by Crippen LogP contribution is -2.52. The zero-order valence-electron chi connectivity index (χ0n) is 35.2. The van der Waals surface area contributed by atoms with E-state index < -0.39 is 22.4 Å². The van der Waals surface area contributed by atoms with E-state index in [0.717, 1.165) is 17.9 Å². The molecule has 0 radical (unpaired) electrons. The Bertz CT molecular complexity index is 1390. The van der Waals surface area contributed by atoms with Crippen LogP contribution in [0.15, 0.2) is 84.3 Å². The van der Waals surface area contributed by atoms with E-state index in [4.69, 9.17) is 27.8 Å². The molecule has 8 heteroatoms. The second-order valence-electron chi connectivity index (χ2n) is 17.3. The molecule has 2 aliphatic rings. The number of rotatable bonds is 20. The highest BCUT2D eigenvalue weighted by Gasteiger charge is 2.52. The zero-order chi connectivity index (χ0) is 38.8. The Morgan fingerprint density at radius 1 is 0.585 bits per heavy atom. The fourth-order valence-corrected chi connectivity index (χ4v) is 20.0. The van der Waals surface area contributed by atoms with E-state index in [9.17, 15) is 0 Å². The maximum atomic E-state index is 7.45. The maximum Gasteiger partial charge on any atom is 0.258 e. The molecule has 0 N–H and O–H groups in total. The van der Waals surface area contributed by atoms with Crippen LogP contribution in [0.25, 0.3) is 0 Å². The number of benzene rings is 2. The molecule has 0 saturated heterocycles. The Balaban J connectivity index is 1.68. The highest BCUT2D eigenvalue weighted by molar-refractivity contribution is 6.78. The molecule has 0 bridgehead atoms. The summed E-state index contributed by atoms with van der Waals surface area (Å²) in [5.41, 5.74) is 5.02. The first-order valence-electron chi connectivity index (χ1n) is 20.5. The molecule has 0 unspecified atom stereocenters. The average molecular weight is 765 g/mol. The molecule has 296 valence electrons. The van der Waals surface area contributed by atoms with Crippen LogP contribution in [-0.4, -0.2) is 47.8 Å². The molecule has 6 nitrogen and oxygen atoms in total. The average Bonchev–Trinajstić information content (AvgIpc) is 3.09. The van der Waals surface area contributed by atoms with E-state index in [1.54, 1.807) is 0 Å². The van der Waals surface area contributed by atoms with Crippen LogP contribution in [0.1, 0.15) is 120 Å². The van der Waals surface area contributed by atoms with Crippen LogP contribution < -0.4 is 0 Å². The fraction of sp³-hybridized carbons (Fsp3) is 0.644. The van der Waals surface area contributed by atoms with Crippen molar-refractivity contribution >= 4 is 16.6 Å². The molecule has 2 aromatic rings. The van der Waals surface area contributed by atoms with Gasteiger partial charge in [-0.15, -0.1) is 0 Å². The Kier molecular flexibility index (Phi) is 16.1. The molecule has 4 rings (SSSR count). The summed E-state index contributed by atoms with van der Waals surface area (Å²) in [5.74, 6) is 0.985. The molecule has 2 aromatic carbocycles. The molecular weight excluding hydrogens is 693 g/mol. The van der Waals surface area contributed by atoms with Crippen molar-refractivity contribution < 1.29 is 27.8 Å². The molecule has 3 atom stereocenters. The van der Waals surface area contributed by atoms with Gasteiger partial charge in [0.15, 0.2) is 5.79 Å². The zero-order valence-corrected chi connectivity index (χ0v) is 37.2. The van der Waals surface area contributed by atoms with Gasteiger partial charge in [-0.1, -0.05) is 144 Å². The summed E-state index contributed by atoms with van der Waals surface area (Å²) in [4.78, 5) is 0. The van der Waals surface area contributed by atoms with Crippen molar-refractivity contribution in [3.63, 3.8) is 0 Å².